The predicted molar refractivity (Wildman–Crippen MR) is 112 cm³/mol. The zero-order valence-electron chi connectivity index (χ0n) is 17.0. The first-order chi connectivity index (χ1) is 13.7. The van der Waals surface area contributed by atoms with Crippen LogP contribution in [0.25, 0.3) is 0 Å². The third-order valence-electron chi connectivity index (χ3n) is 4.20. The van der Waals surface area contributed by atoms with Crippen molar-refractivity contribution in [2.45, 2.75) is 33.7 Å². The molecule has 0 heterocycles. The van der Waals surface area contributed by atoms with E-state index in [2.05, 4.69) is 47.5 Å². The van der Waals surface area contributed by atoms with E-state index in [0.29, 0.717) is 6.42 Å². The van der Waals surface area contributed by atoms with Crippen molar-refractivity contribution in [2.75, 3.05) is 18.4 Å². The summed E-state index contributed by atoms with van der Waals surface area (Å²) in [6.07, 6.45) is 0.508. The van der Waals surface area contributed by atoms with E-state index in [0.717, 1.165) is 36.4 Å². The summed E-state index contributed by atoms with van der Waals surface area (Å²) in [5.41, 5.74) is 4.45. The number of carbonyl (C=O) groups excluding carboxylic acids is 1. The second-order valence-electron chi connectivity index (χ2n) is 6.58. The number of aryl methyl sites for hydroxylation is 2. The lowest BCUT2D eigenvalue weighted by molar-refractivity contribution is -0.159. The smallest absolute Gasteiger partial charge is 0.414 e. The number of carboxylic acids is 2. The maximum absolute atomic E-state index is 12.2. The molecular formula is C22H28N2O5. The Kier molecular flexibility index (Phi) is 10.1. The number of carboxylic acid groups (broad SMARTS) is 2. The Morgan fingerprint density at radius 1 is 0.966 bits per heavy atom. The summed E-state index contributed by atoms with van der Waals surface area (Å²) in [5, 5.41) is 17.8. The molecule has 2 rings (SSSR count). The molecule has 0 spiro atoms. The standard InChI is InChI=1S/C20H26N2O.C2H2O4/c1-4-22(15-18-8-6-5-7-9-18)13-12-20(23)21-19-14-16(2)10-11-17(19)3;3-1(4)2(5)6/h5-11,14H,4,12-13,15H2,1-3H3,(H,21,23);(H,3,4)(H,5,6). The number of hydrogen-bond donors (Lipinski definition) is 3. The van der Waals surface area contributed by atoms with Gasteiger partial charge in [0.05, 0.1) is 0 Å². The molecule has 0 aliphatic heterocycles. The highest BCUT2D eigenvalue weighted by molar-refractivity contribution is 6.27. The first-order valence-corrected chi connectivity index (χ1v) is 9.32. The Morgan fingerprint density at radius 3 is 2.14 bits per heavy atom. The molecule has 0 radical (unpaired) electrons. The van der Waals surface area contributed by atoms with Crippen molar-refractivity contribution < 1.29 is 24.6 Å². The maximum Gasteiger partial charge on any atom is 0.414 e. The van der Waals surface area contributed by atoms with Gasteiger partial charge in [0.15, 0.2) is 0 Å². The molecule has 156 valence electrons. The molecule has 7 nitrogen and oxygen atoms in total. The van der Waals surface area contributed by atoms with Gasteiger partial charge in [-0.15, -0.1) is 0 Å². The zero-order chi connectivity index (χ0) is 21.8. The fourth-order valence-corrected chi connectivity index (χ4v) is 2.53. The Bertz CT molecular complexity index is 809. The third kappa shape index (κ3) is 9.53. The summed E-state index contributed by atoms with van der Waals surface area (Å²) in [7, 11) is 0. The molecular weight excluding hydrogens is 372 g/mol. The first kappa shape index (κ1) is 23.8. The van der Waals surface area contributed by atoms with Gasteiger partial charge in [-0.1, -0.05) is 49.4 Å². The quantitative estimate of drug-likeness (QED) is 0.616. The number of hydrogen-bond acceptors (Lipinski definition) is 4. The van der Waals surface area contributed by atoms with Crippen molar-refractivity contribution in [2.24, 2.45) is 0 Å². The molecule has 2 aromatic carbocycles. The van der Waals surface area contributed by atoms with Gasteiger partial charge < -0.3 is 15.5 Å². The highest BCUT2D eigenvalue weighted by Crippen LogP contribution is 2.16. The molecule has 0 unspecified atom stereocenters. The van der Waals surface area contributed by atoms with Crippen molar-refractivity contribution in [1.82, 2.24) is 4.90 Å². The fraction of sp³-hybridized carbons (Fsp3) is 0.318. The number of nitrogens with zero attached hydrogens (tertiary/aromatic N) is 1. The lowest BCUT2D eigenvalue weighted by atomic mass is 10.1. The molecule has 0 saturated carbocycles. The number of aliphatic carboxylic acids is 2. The summed E-state index contributed by atoms with van der Waals surface area (Å²) in [6.45, 7) is 8.77. The normalized spacial score (nSPS) is 10.1. The first-order valence-electron chi connectivity index (χ1n) is 9.32. The van der Waals surface area contributed by atoms with Crippen molar-refractivity contribution in [3.8, 4) is 0 Å². The van der Waals surface area contributed by atoms with E-state index < -0.39 is 11.9 Å². The van der Waals surface area contributed by atoms with Crippen LogP contribution in [0.15, 0.2) is 48.5 Å². The number of nitrogens with one attached hydrogen (secondary N) is 1. The Labute approximate surface area is 171 Å². The van der Waals surface area contributed by atoms with Crippen LogP contribution >= 0.6 is 0 Å². The summed E-state index contributed by atoms with van der Waals surface area (Å²) in [6, 6.07) is 16.5. The van der Waals surface area contributed by atoms with E-state index in [1.807, 2.05) is 32.0 Å². The van der Waals surface area contributed by atoms with E-state index in [9.17, 15) is 4.79 Å². The van der Waals surface area contributed by atoms with Crippen molar-refractivity contribution in [3.05, 3.63) is 65.2 Å². The minimum absolute atomic E-state index is 0.0743. The lowest BCUT2D eigenvalue weighted by Gasteiger charge is -2.20. The van der Waals surface area contributed by atoms with Crippen LogP contribution in [0.4, 0.5) is 5.69 Å². The Balaban J connectivity index is 0.000000612. The van der Waals surface area contributed by atoms with Crippen molar-refractivity contribution >= 4 is 23.5 Å². The summed E-state index contributed by atoms with van der Waals surface area (Å²) in [5.74, 6) is -3.57. The van der Waals surface area contributed by atoms with E-state index >= 15 is 0 Å². The summed E-state index contributed by atoms with van der Waals surface area (Å²) < 4.78 is 0. The van der Waals surface area contributed by atoms with E-state index in [1.165, 1.54) is 5.56 Å². The number of carbonyl (C=O) groups is 3. The largest absolute Gasteiger partial charge is 0.473 e. The Morgan fingerprint density at radius 2 is 1.59 bits per heavy atom. The van der Waals surface area contributed by atoms with Crippen LogP contribution in [0.3, 0.4) is 0 Å². The summed E-state index contributed by atoms with van der Waals surface area (Å²) in [4.78, 5) is 32.7. The molecule has 0 aromatic heterocycles. The minimum Gasteiger partial charge on any atom is -0.473 e. The predicted octanol–water partition coefficient (Wildman–Crippen LogP) is 3.31. The van der Waals surface area contributed by atoms with E-state index in [-0.39, 0.29) is 5.91 Å². The van der Waals surface area contributed by atoms with Crippen LogP contribution in [0, 0.1) is 13.8 Å². The number of anilines is 1. The van der Waals surface area contributed by atoms with Crippen LogP contribution in [0.1, 0.15) is 30.0 Å². The van der Waals surface area contributed by atoms with Gasteiger partial charge in [0.1, 0.15) is 0 Å². The summed E-state index contributed by atoms with van der Waals surface area (Å²) >= 11 is 0. The van der Waals surface area contributed by atoms with Gasteiger partial charge in [-0.25, -0.2) is 9.59 Å². The van der Waals surface area contributed by atoms with Gasteiger partial charge in [-0.05, 0) is 43.1 Å². The van der Waals surface area contributed by atoms with Gasteiger partial charge >= 0.3 is 11.9 Å². The molecule has 0 atom stereocenters. The fourth-order valence-electron chi connectivity index (χ4n) is 2.53. The second kappa shape index (κ2) is 12.3. The number of amides is 1. The minimum atomic E-state index is -1.82. The van der Waals surface area contributed by atoms with Crippen molar-refractivity contribution in [1.29, 1.82) is 0 Å². The molecule has 0 fully saturated rings. The number of rotatable bonds is 7. The third-order valence-corrected chi connectivity index (χ3v) is 4.20. The SMILES string of the molecule is CCN(CCC(=O)Nc1cc(C)ccc1C)Cc1ccccc1.O=C(O)C(=O)O. The van der Waals surface area contributed by atoms with Crippen LogP contribution in [0.2, 0.25) is 0 Å². The second-order valence-corrected chi connectivity index (χ2v) is 6.58. The van der Waals surface area contributed by atoms with Gasteiger partial charge in [0.2, 0.25) is 5.91 Å². The van der Waals surface area contributed by atoms with Crippen LogP contribution in [0.5, 0.6) is 0 Å². The molecule has 1 amide bonds. The van der Waals surface area contributed by atoms with Crippen LogP contribution in [-0.4, -0.2) is 46.0 Å². The lowest BCUT2D eigenvalue weighted by Crippen LogP contribution is -2.27. The molecule has 0 aliphatic rings. The molecule has 2 aromatic rings. The van der Waals surface area contributed by atoms with Gasteiger partial charge in [0.25, 0.3) is 0 Å². The number of benzene rings is 2. The molecule has 0 aliphatic carbocycles. The van der Waals surface area contributed by atoms with Gasteiger partial charge in [-0.3, -0.25) is 9.69 Å². The monoisotopic (exact) mass is 400 g/mol. The topological polar surface area (TPSA) is 107 Å². The zero-order valence-corrected chi connectivity index (χ0v) is 17.0. The van der Waals surface area contributed by atoms with Gasteiger partial charge in [-0.2, -0.15) is 0 Å². The van der Waals surface area contributed by atoms with E-state index in [4.69, 9.17) is 19.8 Å². The highest BCUT2D eigenvalue weighted by atomic mass is 16.4. The highest BCUT2D eigenvalue weighted by Gasteiger charge is 2.09. The average molecular weight is 400 g/mol. The van der Waals surface area contributed by atoms with Crippen LogP contribution < -0.4 is 5.32 Å². The molecule has 3 N–H and O–H groups in total. The van der Waals surface area contributed by atoms with E-state index in [1.54, 1.807) is 0 Å². The van der Waals surface area contributed by atoms with Gasteiger partial charge in [0, 0.05) is 25.2 Å². The maximum atomic E-state index is 12.2. The average Bonchev–Trinajstić information content (AvgIpc) is 2.69. The molecule has 0 saturated heterocycles. The molecule has 7 heteroatoms. The van der Waals surface area contributed by atoms with Crippen LogP contribution in [-0.2, 0) is 20.9 Å². The molecule has 29 heavy (non-hydrogen) atoms. The molecule has 0 bridgehead atoms. The van der Waals surface area contributed by atoms with Crippen molar-refractivity contribution in [3.63, 3.8) is 0 Å². The Hall–Kier alpha value is -3.19.